The van der Waals surface area contributed by atoms with Gasteiger partial charge in [-0.25, -0.2) is 13.7 Å². The maximum atomic E-state index is 11.5. The molecule has 0 amide bonds. The molecule has 0 spiro atoms. The SMILES string of the molecule is CCCOC1O[C@H](CO)[C@H](O[C@@H]2OC(CO)[C@H](OP(=O)(O)O)C(OP(=O)(O)O)[C@@H]2O)[C@@H]1OP(=O)(O)O. The van der Waals surface area contributed by atoms with Crippen LogP contribution in [0.4, 0.5) is 0 Å². The predicted octanol–water partition coefficient (Wildman–Crippen LogP) is -2.97. The van der Waals surface area contributed by atoms with E-state index in [0.717, 1.165) is 0 Å². The smallest absolute Gasteiger partial charge is 0.394 e. The molecule has 0 aliphatic carbocycles. The van der Waals surface area contributed by atoms with E-state index in [2.05, 4.69) is 13.6 Å². The lowest BCUT2D eigenvalue weighted by molar-refractivity contribution is -0.313. The minimum absolute atomic E-state index is 0.0330. The quantitative estimate of drug-likeness (QED) is 0.0961. The third kappa shape index (κ3) is 9.36. The van der Waals surface area contributed by atoms with Crippen LogP contribution < -0.4 is 0 Å². The molecule has 2 heterocycles. The van der Waals surface area contributed by atoms with E-state index in [-0.39, 0.29) is 6.61 Å². The van der Waals surface area contributed by atoms with E-state index in [1.54, 1.807) is 6.92 Å². The molecule has 0 aromatic rings. The second kappa shape index (κ2) is 12.9. The lowest BCUT2D eigenvalue weighted by atomic mass is 9.99. The first-order chi connectivity index (χ1) is 16.5. The Morgan fingerprint density at radius 3 is 1.61 bits per heavy atom. The summed E-state index contributed by atoms with van der Waals surface area (Å²) in [6, 6.07) is 0. The van der Waals surface area contributed by atoms with Gasteiger partial charge in [0.1, 0.15) is 42.7 Å². The van der Waals surface area contributed by atoms with E-state index in [1.807, 2.05) is 0 Å². The third-order valence-electron chi connectivity index (χ3n) is 4.80. The van der Waals surface area contributed by atoms with Crippen molar-refractivity contribution in [2.45, 2.75) is 68.7 Å². The molecule has 2 fully saturated rings. The van der Waals surface area contributed by atoms with Crippen LogP contribution in [-0.2, 0) is 46.2 Å². The first-order valence-electron chi connectivity index (χ1n) is 10.2. The van der Waals surface area contributed by atoms with E-state index >= 15 is 0 Å². The van der Waals surface area contributed by atoms with Gasteiger partial charge in [0.05, 0.1) is 13.2 Å². The molecule has 2 aliphatic rings. The fraction of sp³-hybridized carbons (Fsp3) is 1.00. The van der Waals surface area contributed by atoms with Gasteiger partial charge in [0, 0.05) is 6.61 Å². The van der Waals surface area contributed by atoms with Crippen LogP contribution in [0.5, 0.6) is 0 Å². The molecule has 0 saturated carbocycles. The van der Waals surface area contributed by atoms with Gasteiger partial charge in [-0.05, 0) is 6.42 Å². The van der Waals surface area contributed by atoms with Crippen LogP contribution in [0.15, 0.2) is 0 Å². The molecule has 0 bridgehead atoms. The molecule has 0 aromatic heterocycles. The average Bonchev–Trinajstić information content (AvgIpc) is 3.04. The maximum Gasteiger partial charge on any atom is 0.470 e. The Balaban J connectivity index is 2.38. The van der Waals surface area contributed by atoms with Crippen LogP contribution in [0.25, 0.3) is 0 Å². The first-order valence-corrected chi connectivity index (χ1v) is 14.8. The molecule has 0 radical (unpaired) electrons. The van der Waals surface area contributed by atoms with Gasteiger partial charge >= 0.3 is 23.5 Å². The largest absolute Gasteiger partial charge is 0.470 e. The number of hydrogen-bond acceptors (Lipinski definition) is 13. The highest BCUT2D eigenvalue weighted by atomic mass is 31.2. The molecule has 22 heteroatoms. The van der Waals surface area contributed by atoms with E-state index in [9.17, 15) is 48.6 Å². The van der Waals surface area contributed by atoms with Crippen molar-refractivity contribution in [1.29, 1.82) is 0 Å². The van der Waals surface area contributed by atoms with E-state index < -0.39 is 92.0 Å². The molecule has 2 saturated heterocycles. The standard InChI is InChI=1S/C14H29O19P3/c1-2-3-27-14-12(33-36(24,25)26)9(6(4-15)29-14)30-13-8(17)11(32-35(21,22)23)10(7(5-16)28-13)31-34(18,19)20/h6-17H,2-5H2,1H3,(H2,18,19,20)(H2,21,22,23)(H2,24,25,26)/t6-,7?,8+,9+,10+,11?,12+,13+,14?/m1/s1. The van der Waals surface area contributed by atoms with Crippen molar-refractivity contribution < 1.29 is 90.9 Å². The van der Waals surface area contributed by atoms with Crippen LogP contribution in [0.2, 0.25) is 0 Å². The van der Waals surface area contributed by atoms with Gasteiger partial charge < -0.3 is 63.6 Å². The molecule has 36 heavy (non-hydrogen) atoms. The molecule has 2 aliphatic heterocycles. The van der Waals surface area contributed by atoms with Gasteiger partial charge in [0.15, 0.2) is 12.6 Å². The van der Waals surface area contributed by atoms with Crippen molar-refractivity contribution in [1.82, 2.24) is 0 Å². The van der Waals surface area contributed by atoms with Gasteiger partial charge in [-0.3, -0.25) is 13.6 Å². The summed E-state index contributed by atoms with van der Waals surface area (Å²) in [4.78, 5) is 55.3. The lowest BCUT2D eigenvalue weighted by Gasteiger charge is -2.44. The molecular weight excluding hydrogens is 565 g/mol. The monoisotopic (exact) mass is 594 g/mol. The summed E-state index contributed by atoms with van der Waals surface area (Å²) >= 11 is 0. The van der Waals surface area contributed by atoms with E-state index in [1.165, 1.54) is 0 Å². The Morgan fingerprint density at radius 1 is 0.694 bits per heavy atom. The number of rotatable bonds is 13. The number of aliphatic hydroxyl groups excluding tert-OH is 3. The zero-order chi connectivity index (χ0) is 27.5. The van der Waals surface area contributed by atoms with Gasteiger partial charge in [0.2, 0.25) is 0 Å². The summed E-state index contributed by atoms with van der Waals surface area (Å²) in [7, 11) is -16.1. The molecule has 9 atom stereocenters. The number of phosphoric ester groups is 3. The predicted molar refractivity (Wildman–Crippen MR) is 109 cm³/mol. The van der Waals surface area contributed by atoms with Crippen LogP contribution in [0, 0.1) is 0 Å². The van der Waals surface area contributed by atoms with Gasteiger partial charge in [-0.15, -0.1) is 0 Å². The molecule has 9 N–H and O–H groups in total. The highest BCUT2D eigenvalue weighted by Gasteiger charge is 2.56. The van der Waals surface area contributed by atoms with Crippen molar-refractivity contribution in [3.8, 4) is 0 Å². The van der Waals surface area contributed by atoms with E-state index in [4.69, 9.17) is 28.7 Å². The minimum atomic E-state index is -5.45. The molecule has 3 unspecified atom stereocenters. The van der Waals surface area contributed by atoms with Crippen LogP contribution in [0.3, 0.4) is 0 Å². The van der Waals surface area contributed by atoms with Gasteiger partial charge in [-0.2, -0.15) is 0 Å². The average molecular weight is 594 g/mol. The Hall–Kier alpha value is 0.0500. The van der Waals surface area contributed by atoms with E-state index in [0.29, 0.717) is 6.42 Å². The first kappa shape index (κ1) is 32.3. The maximum absolute atomic E-state index is 11.5. The second-order valence-electron chi connectivity index (χ2n) is 7.59. The number of hydrogen-bond donors (Lipinski definition) is 9. The zero-order valence-electron chi connectivity index (χ0n) is 18.5. The van der Waals surface area contributed by atoms with Crippen molar-refractivity contribution in [2.24, 2.45) is 0 Å². The third-order valence-corrected chi connectivity index (χ3v) is 6.35. The fourth-order valence-electron chi connectivity index (χ4n) is 3.51. The van der Waals surface area contributed by atoms with Gasteiger partial charge in [0.25, 0.3) is 0 Å². The topological polar surface area (TPSA) is 298 Å². The Labute approximate surface area is 203 Å². The Kier molecular flexibility index (Phi) is 11.6. The fourth-order valence-corrected chi connectivity index (χ4v) is 5.19. The van der Waals surface area contributed by atoms with Crippen LogP contribution >= 0.6 is 23.5 Å². The molecule has 2 rings (SSSR count). The summed E-state index contributed by atoms with van der Waals surface area (Å²) in [5.74, 6) is 0. The number of ether oxygens (including phenoxy) is 4. The van der Waals surface area contributed by atoms with Crippen molar-refractivity contribution in [3.05, 3.63) is 0 Å². The highest BCUT2D eigenvalue weighted by Crippen LogP contribution is 2.48. The Bertz CT molecular complexity index is 839. The van der Waals surface area contributed by atoms with Crippen molar-refractivity contribution in [2.75, 3.05) is 19.8 Å². The zero-order valence-corrected chi connectivity index (χ0v) is 21.2. The molecule has 0 aromatic carbocycles. The molecule has 214 valence electrons. The summed E-state index contributed by atoms with van der Waals surface area (Å²) in [6.07, 6.45) is -16.4. The van der Waals surface area contributed by atoms with Crippen LogP contribution in [-0.4, -0.2) is 120 Å². The second-order valence-corrected chi connectivity index (χ2v) is 11.2. The normalized spacial score (nSPS) is 36.3. The molecule has 19 nitrogen and oxygen atoms in total. The van der Waals surface area contributed by atoms with Gasteiger partial charge in [-0.1, -0.05) is 6.92 Å². The Morgan fingerprint density at radius 2 is 1.14 bits per heavy atom. The molecular formula is C14H29O19P3. The van der Waals surface area contributed by atoms with Crippen molar-refractivity contribution >= 4 is 23.5 Å². The lowest BCUT2D eigenvalue weighted by Crippen LogP contribution is -2.61. The highest BCUT2D eigenvalue weighted by molar-refractivity contribution is 7.46. The van der Waals surface area contributed by atoms with Crippen LogP contribution in [0.1, 0.15) is 13.3 Å². The summed E-state index contributed by atoms with van der Waals surface area (Å²) in [6.45, 7) is -0.168. The summed E-state index contributed by atoms with van der Waals surface area (Å²) in [5.41, 5.74) is 0. The summed E-state index contributed by atoms with van der Waals surface area (Å²) in [5, 5.41) is 30.0. The van der Waals surface area contributed by atoms with Crippen molar-refractivity contribution in [3.63, 3.8) is 0 Å². The summed E-state index contributed by atoms with van der Waals surface area (Å²) < 4.78 is 69.3. The minimum Gasteiger partial charge on any atom is -0.394 e. The number of phosphoric acid groups is 3. The number of aliphatic hydroxyl groups is 3.